The van der Waals surface area contributed by atoms with Crippen LogP contribution in [0.15, 0.2) is 36.4 Å². The van der Waals surface area contributed by atoms with Gasteiger partial charge in [-0.2, -0.15) is 0 Å². The quantitative estimate of drug-likeness (QED) is 0.653. The Hall–Kier alpha value is -2.22. The minimum absolute atomic E-state index is 0.235. The van der Waals surface area contributed by atoms with E-state index in [1.165, 1.54) is 31.6 Å². The third kappa shape index (κ3) is 2.69. The fourth-order valence-electron chi connectivity index (χ4n) is 5.32. The van der Waals surface area contributed by atoms with E-state index in [1.807, 2.05) is 6.07 Å². The molecule has 144 valence electrons. The molecule has 4 atom stereocenters. The van der Waals surface area contributed by atoms with Gasteiger partial charge in [-0.1, -0.05) is 11.6 Å². The lowest BCUT2D eigenvalue weighted by atomic mass is 9.83. The molecule has 0 spiro atoms. The van der Waals surface area contributed by atoms with Gasteiger partial charge >= 0.3 is 0 Å². The number of benzene rings is 2. The van der Waals surface area contributed by atoms with Crippen LogP contribution in [-0.4, -0.2) is 37.2 Å². The third-order valence-electron chi connectivity index (χ3n) is 6.65. The number of hydrogen-bond acceptors (Lipinski definition) is 3. The maximum absolute atomic E-state index is 14.0. The van der Waals surface area contributed by atoms with E-state index in [4.69, 9.17) is 16.3 Å². The number of fused-ring (bicyclic) bond motifs is 6. The number of hydrogen-bond donors (Lipinski definition) is 0. The SMILES string of the molecule is COc1ccc(C#CN2c3ccc(Cl)cc3C3C2CC2CCC3N2C)cc1F. The first-order valence-electron chi connectivity index (χ1n) is 9.72. The molecular formula is C23H22ClFN2O. The van der Waals surface area contributed by atoms with Crippen molar-refractivity contribution in [3.63, 3.8) is 0 Å². The lowest BCUT2D eigenvalue weighted by molar-refractivity contribution is 0.145. The Labute approximate surface area is 170 Å². The second-order valence-electron chi connectivity index (χ2n) is 7.95. The van der Waals surface area contributed by atoms with Gasteiger partial charge in [0.2, 0.25) is 0 Å². The number of ether oxygens (including phenoxy) is 1. The first kappa shape index (κ1) is 17.8. The van der Waals surface area contributed by atoms with Crippen LogP contribution in [-0.2, 0) is 0 Å². The molecule has 28 heavy (non-hydrogen) atoms. The molecule has 3 aliphatic heterocycles. The van der Waals surface area contributed by atoms with Crippen molar-refractivity contribution in [1.82, 2.24) is 4.90 Å². The minimum Gasteiger partial charge on any atom is -0.494 e. The lowest BCUT2D eigenvalue weighted by Gasteiger charge is -2.41. The monoisotopic (exact) mass is 396 g/mol. The highest BCUT2D eigenvalue weighted by Gasteiger charge is 2.52. The normalized spacial score (nSPS) is 27.8. The van der Waals surface area contributed by atoms with Crippen LogP contribution in [0.3, 0.4) is 0 Å². The zero-order chi connectivity index (χ0) is 19.4. The largest absolute Gasteiger partial charge is 0.494 e. The highest BCUT2D eigenvalue weighted by Crippen LogP contribution is 2.53. The first-order valence-corrected chi connectivity index (χ1v) is 10.1. The van der Waals surface area contributed by atoms with Crippen molar-refractivity contribution >= 4 is 17.3 Å². The fraction of sp³-hybridized carbons (Fsp3) is 0.391. The smallest absolute Gasteiger partial charge is 0.166 e. The van der Waals surface area contributed by atoms with Crippen LogP contribution in [0, 0.1) is 17.8 Å². The molecule has 2 aromatic carbocycles. The van der Waals surface area contributed by atoms with Gasteiger partial charge in [-0.25, -0.2) is 4.39 Å². The van der Waals surface area contributed by atoms with Gasteiger partial charge in [0.05, 0.1) is 18.8 Å². The lowest BCUT2D eigenvalue weighted by Crippen LogP contribution is -2.49. The average Bonchev–Trinajstić information content (AvgIpc) is 3.09. The van der Waals surface area contributed by atoms with Gasteiger partial charge in [0.1, 0.15) is 0 Å². The van der Waals surface area contributed by atoms with Crippen LogP contribution >= 0.6 is 11.6 Å². The van der Waals surface area contributed by atoms with Crippen molar-refractivity contribution < 1.29 is 9.13 Å². The highest BCUT2D eigenvalue weighted by atomic mass is 35.5. The molecule has 3 nitrogen and oxygen atoms in total. The molecule has 4 unspecified atom stereocenters. The summed E-state index contributed by atoms with van der Waals surface area (Å²) < 4.78 is 19.0. The van der Waals surface area contributed by atoms with Gasteiger partial charge in [0.15, 0.2) is 11.6 Å². The Kier molecular flexibility index (Phi) is 4.26. The molecule has 2 fully saturated rings. The summed E-state index contributed by atoms with van der Waals surface area (Å²) >= 11 is 6.34. The van der Waals surface area contributed by atoms with Crippen molar-refractivity contribution in [3.8, 4) is 17.7 Å². The second-order valence-corrected chi connectivity index (χ2v) is 8.39. The Morgan fingerprint density at radius 1 is 1.14 bits per heavy atom. The van der Waals surface area contributed by atoms with Crippen LogP contribution in [0.25, 0.3) is 0 Å². The fourth-order valence-corrected chi connectivity index (χ4v) is 5.50. The molecule has 0 aromatic heterocycles. The predicted molar refractivity (Wildman–Crippen MR) is 109 cm³/mol. The summed E-state index contributed by atoms with van der Waals surface area (Å²) in [5, 5.41) is 0.771. The number of methoxy groups -OCH3 is 1. The zero-order valence-electron chi connectivity index (χ0n) is 16.0. The van der Waals surface area contributed by atoms with Gasteiger partial charge in [-0.15, -0.1) is 0 Å². The van der Waals surface area contributed by atoms with E-state index >= 15 is 0 Å². The van der Waals surface area contributed by atoms with Crippen LogP contribution < -0.4 is 9.64 Å². The number of halogens is 2. The van der Waals surface area contributed by atoms with Crippen LogP contribution in [0.2, 0.25) is 5.02 Å². The molecule has 0 N–H and O–H groups in total. The average molecular weight is 397 g/mol. The molecule has 5 heteroatoms. The molecule has 3 aliphatic rings. The highest BCUT2D eigenvalue weighted by molar-refractivity contribution is 6.30. The van der Waals surface area contributed by atoms with Crippen LogP contribution in [0.1, 0.15) is 36.3 Å². The van der Waals surface area contributed by atoms with Gasteiger partial charge in [-0.05, 0) is 74.2 Å². The van der Waals surface area contributed by atoms with E-state index in [-0.39, 0.29) is 5.75 Å². The number of rotatable bonds is 1. The van der Waals surface area contributed by atoms with Crippen LogP contribution in [0.4, 0.5) is 10.1 Å². The summed E-state index contributed by atoms with van der Waals surface area (Å²) in [6, 6.07) is 15.8. The summed E-state index contributed by atoms with van der Waals surface area (Å²) in [7, 11) is 3.71. The van der Waals surface area contributed by atoms with E-state index in [9.17, 15) is 4.39 Å². The number of nitrogens with zero attached hydrogens (tertiary/aromatic N) is 2. The van der Waals surface area contributed by atoms with E-state index in [2.05, 4.69) is 40.9 Å². The molecule has 0 amide bonds. The van der Waals surface area contributed by atoms with Gasteiger partial charge in [0, 0.05) is 34.6 Å². The van der Waals surface area contributed by atoms with Gasteiger partial charge in [0.25, 0.3) is 0 Å². The molecule has 0 saturated carbocycles. The molecule has 5 rings (SSSR count). The number of piperidine rings is 1. The van der Waals surface area contributed by atoms with Crippen molar-refractivity contribution in [3.05, 3.63) is 58.4 Å². The van der Waals surface area contributed by atoms with Crippen molar-refractivity contribution in [2.24, 2.45) is 0 Å². The van der Waals surface area contributed by atoms with Gasteiger partial charge < -0.3 is 4.74 Å². The van der Waals surface area contributed by atoms with E-state index in [0.29, 0.717) is 29.6 Å². The Morgan fingerprint density at radius 3 is 2.79 bits per heavy atom. The standard InChI is InChI=1S/C23H22ClFN2O/c1-26-16-5-7-20(26)23-17-12-15(24)4-6-19(17)27(21(23)13-16)10-9-14-3-8-22(28-2)18(25)11-14/h3-4,6,8,11-12,16,20-21,23H,5,7,13H2,1-2H3. The Bertz CT molecular complexity index is 998. The van der Waals surface area contributed by atoms with Crippen molar-refractivity contribution in [1.29, 1.82) is 0 Å². The second kappa shape index (κ2) is 6.69. The number of likely N-dealkylation sites (N-methyl/N-ethyl adjacent to an activating group) is 1. The maximum atomic E-state index is 14.0. The summed E-state index contributed by atoms with van der Waals surface area (Å²) in [5.41, 5.74) is 3.08. The zero-order valence-corrected chi connectivity index (χ0v) is 16.7. The van der Waals surface area contributed by atoms with E-state index in [1.54, 1.807) is 12.1 Å². The first-order chi connectivity index (χ1) is 13.6. The summed E-state index contributed by atoms with van der Waals surface area (Å²) in [4.78, 5) is 4.75. The third-order valence-corrected chi connectivity index (χ3v) is 6.88. The number of anilines is 1. The summed E-state index contributed by atoms with van der Waals surface area (Å²) in [6.07, 6.45) is 3.56. The molecule has 0 radical (unpaired) electrons. The molecule has 2 saturated heterocycles. The predicted octanol–water partition coefficient (Wildman–Crippen LogP) is 4.64. The summed E-state index contributed by atoms with van der Waals surface area (Å²) in [5.74, 6) is 3.42. The topological polar surface area (TPSA) is 15.7 Å². The molecule has 0 aliphatic carbocycles. The Morgan fingerprint density at radius 2 is 2.00 bits per heavy atom. The van der Waals surface area contributed by atoms with Crippen molar-refractivity contribution in [2.75, 3.05) is 19.1 Å². The minimum atomic E-state index is -0.391. The molecule has 2 aromatic rings. The van der Waals surface area contributed by atoms with Crippen LogP contribution in [0.5, 0.6) is 5.75 Å². The molecular weight excluding hydrogens is 375 g/mol. The molecule has 3 heterocycles. The van der Waals surface area contributed by atoms with E-state index in [0.717, 1.165) is 17.1 Å². The van der Waals surface area contributed by atoms with Gasteiger partial charge in [-0.3, -0.25) is 9.80 Å². The Balaban J connectivity index is 1.54. The van der Waals surface area contributed by atoms with Crippen molar-refractivity contribution in [2.45, 2.75) is 43.3 Å². The van der Waals surface area contributed by atoms with E-state index < -0.39 is 5.82 Å². The maximum Gasteiger partial charge on any atom is 0.166 e. The molecule has 2 bridgehead atoms. The summed E-state index contributed by atoms with van der Waals surface area (Å²) in [6.45, 7) is 0.